The topological polar surface area (TPSA) is 522 Å². The van der Waals surface area contributed by atoms with E-state index >= 15 is 28.8 Å². The minimum atomic E-state index is -1.91. The molecular weight excluding hydrogens is 1670 g/mol. The molecule has 37 heteroatoms. The predicted octanol–water partition coefficient (Wildman–Crippen LogP) is 1.38. The molecule has 2 aromatic heterocycles. The van der Waals surface area contributed by atoms with Crippen LogP contribution in [0.4, 0.5) is 0 Å². The van der Waals surface area contributed by atoms with Crippen LogP contribution in [0.15, 0.2) is 164 Å². The third-order valence-corrected chi connectivity index (χ3v) is 22.5. The Morgan fingerprint density at radius 2 is 0.938 bits per heavy atom. The highest BCUT2D eigenvalue weighted by Gasteiger charge is 2.41. The number of phenols is 2. The summed E-state index contributed by atoms with van der Waals surface area (Å²) in [6.07, 6.45) is 2.82. The summed E-state index contributed by atoms with van der Waals surface area (Å²) in [5.41, 5.74) is 9.00. The molecule has 16 N–H and O–H groups in total. The fourth-order valence-corrected chi connectivity index (χ4v) is 15.4. The Morgan fingerprint density at radius 3 is 1.48 bits per heavy atom. The quantitative estimate of drug-likeness (QED) is 0.0430. The molecule has 128 heavy (non-hydrogen) atoms. The number of H-pyrrole nitrogens is 1. The lowest BCUT2D eigenvalue weighted by atomic mass is 9.99. The highest BCUT2D eigenvalue weighted by molar-refractivity contribution is 8.00. The second kappa shape index (κ2) is 48.7. The summed E-state index contributed by atoms with van der Waals surface area (Å²) in [4.78, 5) is 245. The summed E-state index contributed by atoms with van der Waals surface area (Å²) < 4.78 is 0. The summed E-state index contributed by atoms with van der Waals surface area (Å²) in [6, 6.07) is 21.6. The van der Waals surface area contributed by atoms with Crippen molar-refractivity contribution in [3.63, 3.8) is 0 Å². The minimum absolute atomic E-state index is 0.0267. The second-order valence-corrected chi connectivity index (χ2v) is 33.6. The fraction of sp³-hybridized carbons (Fsp3) is 0.418. The number of aromatic hydroxyl groups is 2. The van der Waals surface area contributed by atoms with E-state index in [1.807, 2.05) is 6.92 Å². The van der Waals surface area contributed by atoms with Gasteiger partial charge in [0.05, 0.1) is 31.8 Å². The number of likely N-dealkylation sites (N-methyl/N-ethyl adjacent to an activating group) is 4. The summed E-state index contributed by atoms with van der Waals surface area (Å²) in [5.74, 6) is -17.7. The number of carbonyl (C=O) groups is 16. The number of para-hydroxylation sites is 1. The van der Waals surface area contributed by atoms with Gasteiger partial charge in [-0.3, -0.25) is 81.7 Å². The van der Waals surface area contributed by atoms with Gasteiger partial charge in [0.25, 0.3) is 0 Å². The maximum absolute atomic E-state index is 15.5. The number of phenolic OH excluding ortho intramolecular Hbond substituents is 2. The number of unbranched alkanes of at least 4 members (excludes halogenated alkanes) is 1. The number of thioether (sulfide) groups is 1. The molecule has 0 bridgehead atoms. The van der Waals surface area contributed by atoms with Crippen LogP contribution in [0.5, 0.6) is 11.5 Å². The number of aromatic nitrogens is 2. The van der Waals surface area contributed by atoms with Crippen LogP contribution in [0, 0.1) is 11.8 Å². The highest BCUT2D eigenvalue weighted by Crippen LogP contribution is 2.24. The van der Waals surface area contributed by atoms with Crippen molar-refractivity contribution >= 4 is 117 Å². The smallest absolute Gasteiger partial charge is 0.305 e. The molecule has 7 aromatic rings. The van der Waals surface area contributed by atoms with Crippen molar-refractivity contribution in [1.82, 2.24) is 82.7 Å². The van der Waals surface area contributed by atoms with Crippen molar-refractivity contribution in [1.29, 1.82) is 0 Å². The lowest BCUT2D eigenvalue weighted by molar-refractivity contribution is -0.151. The first kappa shape index (κ1) is 99.7. The molecule has 11 atom stereocenters. The van der Waals surface area contributed by atoms with E-state index in [1.54, 1.807) is 117 Å². The first-order valence-electron chi connectivity index (χ1n) is 42.1. The van der Waals surface area contributed by atoms with Gasteiger partial charge in [-0.2, -0.15) is 0 Å². The Morgan fingerprint density at radius 1 is 0.484 bits per heavy atom. The van der Waals surface area contributed by atoms with Gasteiger partial charge in [0.2, 0.25) is 88.6 Å². The number of carboxylic acids is 1. The summed E-state index contributed by atoms with van der Waals surface area (Å²) >= 11 is 0.827. The zero-order chi connectivity index (χ0) is 93.4. The predicted molar refractivity (Wildman–Crippen MR) is 475 cm³/mol. The zero-order valence-electron chi connectivity index (χ0n) is 73.0. The molecular formula is C91H115N17O19S. The Hall–Kier alpha value is -13.7. The van der Waals surface area contributed by atoms with Gasteiger partial charge in [-0.25, -0.2) is 0 Å². The van der Waals surface area contributed by atoms with Crippen LogP contribution in [-0.4, -0.2) is 265 Å². The van der Waals surface area contributed by atoms with Gasteiger partial charge in [-0.15, -0.1) is 11.8 Å². The Labute approximate surface area is 745 Å². The molecule has 0 saturated carbocycles. The Balaban J connectivity index is 1.20. The third-order valence-electron chi connectivity index (χ3n) is 21.5. The fourth-order valence-electron chi connectivity index (χ4n) is 14.6. The molecule has 0 aliphatic carbocycles. The maximum atomic E-state index is 15.5. The molecule has 0 spiro atoms. The lowest BCUT2D eigenvalue weighted by Gasteiger charge is -2.37. The van der Waals surface area contributed by atoms with Crippen LogP contribution in [0.25, 0.3) is 10.9 Å². The summed E-state index contributed by atoms with van der Waals surface area (Å²) in [5, 5.41) is 58.0. The van der Waals surface area contributed by atoms with E-state index in [-0.39, 0.29) is 74.5 Å². The number of benzene rings is 5. The standard InChI is InChI=1S/C91H115N17O19S/c1-10-11-26-73-90(126)106(7)50-77(113)97-69(46-79(115)116)86(122)104-80(54(4)5)87(123)101-67(41-59-35-37-93-38-36-59)84(120)102-70(43-58-29-33-62(110)34-30-58)88(124)105(6)49-76(112)96-68(45-60-47-94-64-25-19-18-24-63(60)64)85(121)100-66(40-57-27-31-61(109)32-28-57)83(119)99-65(39-53(2)3)82(118)103-72(81(117)95-48-75(92)111)51-128-52-78(114)98-71(42-55-20-14-12-15-21-55)89(125)108(9)74(91(127)107(73)8)44-56-22-16-13-17-23-56/h12-25,27-38,47,53-54,65-74,80,94,109-110H,10-11,26,39-46,48-52H2,1-9H3,(H2,92,111)(H,95,117)(H,96,112)(H,97,113)(H,98,114)(H,99,119)(H,100,121)(H,101,123)(H,102,120)(H,103,118)(H,104,122)(H,115,116)/t65-,66-,67?,68-,69-,70-,71-,72-,73-,74?,80-/m0/s1. The number of aromatic amines is 1. The van der Waals surface area contributed by atoms with Crippen LogP contribution in [0.2, 0.25) is 0 Å². The van der Waals surface area contributed by atoms with Crippen LogP contribution in [-0.2, 0) is 115 Å². The number of nitrogens with one attached hydrogen (secondary N) is 11. The van der Waals surface area contributed by atoms with Gasteiger partial charge in [0, 0.05) is 102 Å². The van der Waals surface area contributed by atoms with E-state index in [0.717, 1.165) is 26.5 Å². The molecule has 684 valence electrons. The van der Waals surface area contributed by atoms with Gasteiger partial charge in [0.1, 0.15) is 78.0 Å². The van der Waals surface area contributed by atoms with E-state index in [1.165, 1.54) is 108 Å². The summed E-state index contributed by atoms with van der Waals surface area (Å²) in [6.45, 7) is 6.09. The van der Waals surface area contributed by atoms with E-state index in [9.17, 15) is 63.3 Å². The van der Waals surface area contributed by atoms with Crippen molar-refractivity contribution < 1.29 is 92.0 Å². The number of aliphatic carboxylic acids is 1. The number of amides is 15. The Kier molecular flexibility index (Phi) is 37.9. The molecule has 15 amide bonds. The van der Waals surface area contributed by atoms with Crippen LogP contribution in [0.1, 0.15) is 100 Å². The Bertz CT molecular complexity index is 5030. The molecule has 8 rings (SSSR count). The largest absolute Gasteiger partial charge is 0.508 e. The zero-order valence-corrected chi connectivity index (χ0v) is 73.8. The van der Waals surface area contributed by atoms with Crippen LogP contribution in [0.3, 0.4) is 0 Å². The number of hydrogen-bond donors (Lipinski definition) is 15. The van der Waals surface area contributed by atoms with Gasteiger partial charge < -0.3 is 98.8 Å². The van der Waals surface area contributed by atoms with Gasteiger partial charge in [-0.05, 0) is 101 Å². The minimum Gasteiger partial charge on any atom is -0.508 e. The molecule has 1 aliphatic heterocycles. The molecule has 2 unspecified atom stereocenters. The number of pyridine rings is 1. The maximum Gasteiger partial charge on any atom is 0.305 e. The monoisotopic (exact) mass is 1780 g/mol. The van der Waals surface area contributed by atoms with Crippen molar-refractivity contribution in [2.24, 2.45) is 17.6 Å². The summed E-state index contributed by atoms with van der Waals surface area (Å²) in [7, 11) is 5.22. The van der Waals surface area contributed by atoms with E-state index < -0.39 is 199 Å². The first-order chi connectivity index (χ1) is 60.9. The molecule has 36 nitrogen and oxygen atoms in total. The normalized spacial score (nSPS) is 21.9. The number of carbonyl (C=O) groups excluding carboxylic acids is 15. The highest BCUT2D eigenvalue weighted by atomic mass is 32.2. The SMILES string of the molecule is CCCC[C@H]1C(=O)N(C)CC(=O)N[C@@H](CC(=O)O)C(=O)N[C@@H](C(C)C)C(=O)NC(Cc2ccncc2)C(=O)N[C@@H](Cc2ccc(O)cc2)C(=O)N(C)CC(=O)N[C@@H](Cc2c[nH]c3ccccc23)C(=O)N[C@@H](Cc2ccc(O)cc2)C(=O)N[C@@H](CC(C)C)C(=O)N[C@H](C(=O)NCC(N)=O)CSCC(=O)N[C@@H](Cc2ccccc2)C(=O)N(C)C(Cc2ccccc2)C(=O)N1C. The van der Waals surface area contributed by atoms with Gasteiger partial charge in [-0.1, -0.05) is 151 Å². The third kappa shape index (κ3) is 30.6. The van der Waals surface area contributed by atoms with Crippen molar-refractivity contribution in [3.05, 3.63) is 198 Å². The number of nitrogens with two attached hydrogens (primary N) is 1. The number of fused-ring (bicyclic) bond motifs is 1. The van der Waals surface area contributed by atoms with E-state index in [0.29, 0.717) is 57.1 Å². The molecule has 1 aliphatic rings. The van der Waals surface area contributed by atoms with E-state index in [4.69, 9.17) is 5.73 Å². The lowest BCUT2D eigenvalue weighted by Crippen LogP contribution is -2.61. The number of primary amides is 1. The molecule has 0 radical (unpaired) electrons. The molecule has 5 aromatic carbocycles. The number of nitrogens with zero attached hydrogens (tertiary/aromatic N) is 5. The second-order valence-electron chi connectivity index (χ2n) is 32.5. The number of carboxylic acid groups (broad SMARTS) is 1. The van der Waals surface area contributed by atoms with Crippen molar-refractivity contribution in [3.8, 4) is 11.5 Å². The molecule has 1 saturated heterocycles. The average Bonchev–Trinajstić information content (AvgIpc) is 1.75. The van der Waals surface area contributed by atoms with Gasteiger partial charge >= 0.3 is 5.97 Å². The number of rotatable bonds is 23. The molecule has 1 fully saturated rings. The van der Waals surface area contributed by atoms with Gasteiger partial charge in [0.15, 0.2) is 0 Å². The first-order valence-corrected chi connectivity index (χ1v) is 43.3. The number of hydrogen-bond acceptors (Lipinski definition) is 20. The van der Waals surface area contributed by atoms with Crippen LogP contribution >= 0.6 is 11.8 Å². The van der Waals surface area contributed by atoms with Crippen LogP contribution < -0.4 is 58.9 Å². The van der Waals surface area contributed by atoms with E-state index in [2.05, 4.69) is 63.1 Å². The van der Waals surface area contributed by atoms with Crippen molar-refractivity contribution in [2.75, 3.05) is 59.3 Å². The van der Waals surface area contributed by atoms with Crippen molar-refractivity contribution in [2.45, 2.75) is 172 Å². The average molecular weight is 1780 g/mol. The molecule has 3 heterocycles.